The van der Waals surface area contributed by atoms with Crippen molar-refractivity contribution in [1.29, 1.82) is 0 Å². The molecule has 12 atom stereocenters. The first-order valence-electron chi connectivity index (χ1n) is 30.8. The van der Waals surface area contributed by atoms with Crippen LogP contribution in [-0.4, -0.2) is 159 Å². The summed E-state index contributed by atoms with van der Waals surface area (Å²) in [5, 5.41) is 42.1. The summed E-state index contributed by atoms with van der Waals surface area (Å²) < 4.78 is 49.2. The minimum Gasteiger partial charge on any atom is -0.455 e. The molecule has 6 aromatic rings. The van der Waals surface area contributed by atoms with Crippen LogP contribution in [0.1, 0.15) is 105 Å². The highest BCUT2D eigenvalue weighted by Crippen LogP contribution is 2.64. The lowest BCUT2D eigenvalue weighted by Gasteiger charge is -2.67. The van der Waals surface area contributed by atoms with Crippen molar-refractivity contribution in [2.75, 3.05) is 33.8 Å². The normalized spacial score (nSPS) is 24.9. The second kappa shape index (κ2) is 27.1. The number of fused-ring (bicyclic) bond motifs is 6. The molecule has 1 aliphatic heterocycles. The number of ketones is 1. The van der Waals surface area contributed by atoms with Crippen LogP contribution in [0.25, 0.3) is 10.9 Å². The molecule has 0 radical (unpaired) electrons. The minimum absolute atomic E-state index is 0.00347. The van der Waals surface area contributed by atoms with Gasteiger partial charge < -0.3 is 63.2 Å². The second-order valence-corrected chi connectivity index (χ2v) is 25.0. The van der Waals surface area contributed by atoms with Crippen LogP contribution in [0, 0.1) is 26.9 Å². The number of rotatable bonds is 19. The quantitative estimate of drug-likeness (QED) is 0.0224. The van der Waals surface area contributed by atoms with Gasteiger partial charge in [0, 0.05) is 82.5 Å². The van der Waals surface area contributed by atoms with Crippen LogP contribution < -0.4 is 10.1 Å². The summed E-state index contributed by atoms with van der Waals surface area (Å²) >= 11 is 0. The van der Waals surface area contributed by atoms with Crippen molar-refractivity contribution in [1.82, 2.24) is 20.1 Å². The van der Waals surface area contributed by atoms with Gasteiger partial charge in [0.1, 0.15) is 41.8 Å². The summed E-state index contributed by atoms with van der Waals surface area (Å²) in [7, 11) is 2.71. The second-order valence-electron chi connectivity index (χ2n) is 25.0. The number of carbonyl (C=O) groups excluding carboxylic acids is 8. The minimum atomic E-state index is -2.56. The molecule has 0 spiro atoms. The van der Waals surface area contributed by atoms with Crippen molar-refractivity contribution in [2.24, 2.45) is 16.7 Å². The van der Waals surface area contributed by atoms with Crippen LogP contribution >= 0.6 is 0 Å². The van der Waals surface area contributed by atoms with Crippen LogP contribution in [0.5, 0.6) is 11.5 Å². The molecule has 3 aliphatic carbocycles. The fraction of sp³-hybridized carbons (Fsp3) is 0.386. The third-order valence-electron chi connectivity index (χ3n) is 18.8. The molecule has 3 fully saturated rings. The standard InChI is InChI=1S/C70H73N5O20/c1-39-52(37-70(85)61(94-63(81)45-25-17-12-18-26-45)59-68(7,53(78)36-54-69(59,38-88-54)95-42(4)77)60(79)57(90-41(3)76)55(39)67(70,5)6)92-64(82)58(56(43-21-13-10-14-22-43)72-62(80)44-23-15-11-16-24-44)93-66(84)74(9)34-33-73(8)65(83)89-40(2)46-30-31-49(75(86)87)51(35-46)91-50-29-19-28-48-47(50)27-20-32-71-48/h10-32,35,40,52-54,56-59,61,78,85H,33-34,36-38H2,1-9H3,(H,72,80)/t40?,52-,53-,54+,56-,57+,58+,59-,61-,68+,69-,70+/m0/s1. The van der Waals surface area contributed by atoms with Crippen molar-refractivity contribution in [2.45, 2.75) is 121 Å². The van der Waals surface area contributed by atoms with Gasteiger partial charge in [-0.1, -0.05) is 86.6 Å². The highest BCUT2D eigenvalue weighted by Gasteiger charge is 2.78. The Morgan fingerprint density at radius 3 is 2.01 bits per heavy atom. The van der Waals surface area contributed by atoms with Gasteiger partial charge >= 0.3 is 41.8 Å². The molecule has 2 heterocycles. The molecule has 498 valence electrons. The van der Waals surface area contributed by atoms with Crippen molar-refractivity contribution in [3.63, 3.8) is 0 Å². The summed E-state index contributed by atoms with van der Waals surface area (Å²) in [6.07, 6.45) is -12.9. The third-order valence-corrected chi connectivity index (χ3v) is 18.8. The van der Waals surface area contributed by atoms with Gasteiger partial charge in [0.2, 0.25) is 11.9 Å². The number of nitro benzene ring substituents is 1. The SMILES string of the molecule is CC(=O)O[C@H]1C(=O)[C@@]2(C)[C@H]([C@H](OC(=O)c3ccccc3)[C@]3(O)C[C@H](OC(=O)[C@H](OC(=O)N(C)CCN(C)C(=O)OC(C)c4ccc([N+](=O)[O-])c(Oc5cccc6ncccc56)c4)[C@@H](NC(=O)c4ccccc4)c4ccccc4)C(C)=C1C3(C)C)[C@]1(OC(C)=O)CO[C@@H]1C[C@@H]2O. The molecule has 2 saturated carbocycles. The number of likely N-dealkylation sites (N-methyl/N-ethyl adjacent to an activating group) is 2. The Hall–Kier alpha value is -10.1. The van der Waals surface area contributed by atoms with E-state index in [2.05, 4.69) is 10.3 Å². The van der Waals surface area contributed by atoms with Gasteiger partial charge in [-0.05, 0) is 104 Å². The van der Waals surface area contributed by atoms with E-state index in [0.29, 0.717) is 22.2 Å². The predicted octanol–water partition coefficient (Wildman–Crippen LogP) is 8.89. The first-order chi connectivity index (χ1) is 45.1. The Kier molecular flexibility index (Phi) is 19.3. The van der Waals surface area contributed by atoms with Crippen molar-refractivity contribution >= 4 is 64.3 Å². The highest BCUT2D eigenvalue weighted by molar-refractivity contribution is 5.97. The number of ether oxygens (including phenoxy) is 8. The maximum atomic E-state index is 16.0. The Balaban J connectivity index is 0.976. The Morgan fingerprint density at radius 2 is 1.40 bits per heavy atom. The van der Waals surface area contributed by atoms with Gasteiger partial charge in [-0.2, -0.15) is 0 Å². The van der Waals surface area contributed by atoms with E-state index in [9.17, 15) is 49.1 Å². The monoisotopic (exact) mass is 1300 g/mol. The summed E-state index contributed by atoms with van der Waals surface area (Å²) in [5.74, 6) is -7.28. The number of aliphatic hydroxyl groups excluding tert-OH is 1. The first-order valence-corrected chi connectivity index (χ1v) is 30.8. The van der Waals surface area contributed by atoms with E-state index in [4.69, 9.17) is 37.9 Å². The molecule has 25 heteroatoms. The average molecular weight is 1300 g/mol. The van der Waals surface area contributed by atoms with Gasteiger partial charge in [-0.25, -0.2) is 19.2 Å². The lowest BCUT2D eigenvalue weighted by Crippen LogP contribution is -2.82. The highest BCUT2D eigenvalue weighted by atomic mass is 16.6. The Labute approximate surface area is 546 Å². The maximum Gasteiger partial charge on any atom is 0.410 e. The molecule has 1 saturated heterocycles. The number of aromatic nitrogens is 1. The number of nitrogens with zero attached hydrogens (tertiary/aromatic N) is 4. The number of Topliss-reactive ketones (excluding diaryl/α,β-unsaturated/α-hetero) is 1. The maximum absolute atomic E-state index is 16.0. The van der Waals surface area contributed by atoms with E-state index in [-0.39, 0.29) is 58.8 Å². The molecule has 3 N–H and O–H groups in total. The number of amides is 3. The molecule has 25 nitrogen and oxygen atoms in total. The summed E-state index contributed by atoms with van der Waals surface area (Å²) in [6.45, 7) is 8.75. The summed E-state index contributed by atoms with van der Waals surface area (Å²) in [4.78, 5) is 134. The van der Waals surface area contributed by atoms with Gasteiger partial charge in [0.25, 0.3) is 5.91 Å². The Morgan fingerprint density at radius 1 is 0.768 bits per heavy atom. The van der Waals surface area contributed by atoms with Gasteiger partial charge in [-0.3, -0.25) is 34.3 Å². The van der Waals surface area contributed by atoms with E-state index in [0.717, 1.165) is 23.6 Å². The van der Waals surface area contributed by atoms with E-state index >= 15 is 9.59 Å². The van der Waals surface area contributed by atoms with E-state index in [1.165, 1.54) is 84.3 Å². The van der Waals surface area contributed by atoms with Crippen LogP contribution in [-0.2, 0) is 52.3 Å². The van der Waals surface area contributed by atoms with Crippen LogP contribution in [0.3, 0.4) is 0 Å². The molecule has 1 unspecified atom stereocenters. The topological polar surface area (TPSA) is 325 Å². The van der Waals surface area contributed by atoms with Crippen molar-refractivity contribution in [3.8, 4) is 11.5 Å². The Bertz CT molecular complexity index is 4000. The number of nitrogens with one attached hydrogen (secondary N) is 1. The van der Waals surface area contributed by atoms with Gasteiger partial charge in [0.05, 0.1) is 40.0 Å². The molecule has 5 aromatic carbocycles. The number of nitro groups is 1. The molecular formula is C70H73N5O20. The molecule has 10 rings (SSSR count). The van der Waals surface area contributed by atoms with Crippen molar-refractivity contribution in [3.05, 3.63) is 189 Å². The molecular weight excluding hydrogens is 1230 g/mol. The third kappa shape index (κ3) is 13.0. The number of hydrogen-bond acceptors (Lipinski definition) is 21. The largest absolute Gasteiger partial charge is 0.455 e. The number of esters is 4. The molecule has 4 aliphatic rings. The number of carbonyl (C=O) groups is 8. The zero-order valence-corrected chi connectivity index (χ0v) is 53.6. The first kappa shape index (κ1) is 67.8. The lowest BCUT2D eigenvalue weighted by atomic mass is 9.44. The molecule has 1 aromatic heterocycles. The van der Waals surface area contributed by atoms with Gasteiger partial charge in [-0.15, -0.1) is 0 Å². The van der Waals surface area contributed by atoms with E-state index in [1.807, 2.05) is 0 Å². The fourth-order valence-corrected chi connectivity index (χ4v) is 13.6. The summed E-state index contributed by atoms with van der Waals surface area (Å²) in [6, 6.07) is 34.7. The van der Waals surface area contributed by atoms with Crippen molar-refractivity contribution < 1.29 is 91.4 Å². The van der Waals surface area contributed by atoms with Gasteiger partial charge in [0.15, 0.2) is 17.5 Å². The van der Waals surface area contributed by atoms with Crippen LogP contribution in [0.15, 0.2) is 157 Å². The predicted molar refractivity (Wildman–Crippen MR) is 337 cm³/mol. The van der Waals surface area contributed by atoms with Crippen LogP contribution in [0.2, 0.25) is 0 Å². The van der Waals surface area contributed by atoms with Crippen LogP contribution in [0.4, 0.5) is 15.3 Å². The summed E-state index contributed by atoms with van der Waals surface area (Å²) in [5.41, 5.74) is -7.48. The van der Waals surface area contributed by atoms with E-state index in [1.54, 1.807) is 110 Å². The molecule has 3 amide bonds. The average Bonchev–Trinajstić information content (AvgIpc) is 0.670. The zero-order valence-electron chi connectivity index (χ0n) is 53.6. The molecule has 95 heavy (non-hydrogen) atoms. The number of aliphatic hydroxyl groups is 2. The van der Waals surface area contributed by atoms with E-state index < -0.39 is 142 Å². The smallest absolute Gasteiger partial charge is 0.410 e. The zero-order chi connectivity index (χ0) is 68.5. The number of benzene rings is 5. The molecule has 2 bridgehead atoms. The lowest BCUT2D eigenvalue weighted by molar-refractivity contribution is -0.385. The number of pyridine rings is 1. The fourth-order valence-electron chi connectivity index (χ4n) is 13.6. The number of hydrogen-bond donors (Lipinski definition) is 3.